The lowest BCUT2D eigenvalue weighted by atomic mass is 9.88. The molecule has 0 saturated carbocycles. The Labute approximate surface area is 342 Å². The molecule has 5 aromatic carbocycles. The van der Waals surface area contributed by atoms with Crippen LogP contribution in [0.3, 0.4) is 0 Å². The second kappa shape index (κ2) is 18.9. The van der Waals surface area contributed by atoms with Crippen molar-refractivity contribution in [3.05, 3.63) is 186 Å². The maximum Gasteiger partial charge on any atom is 0.270 e. The molecule has 0 bridgehead atoms. The monoisotopic (exact) mass is 786 g/mol. The Morgan fingerprint density at radius 3 is 1.93 bits per heavy atom. The highest BCUT2D eigenvalue weighted by molar-refractivity contribution is 5.99. The molecule has 2 heterocycles. The molecule has 7 N–H and O–H groups in total. The van der Waals surface area contributed by atoms with Crippen molar-refractivity contribution in [1.29, 1.82) is 0 Å². The highest BCUT2D eigenvalue weighted by Gasteiger charge is 2.33. The zero-order chi connectivity index (χ0) is 41.1. The molecule has 7 rings (SSSR count). The highest BCUT2D eigenvalue weighted by Crippen LogP contribution is 2.27. The normalized spacial score (nSPS) is 13.8. The van der Waals surface area contributed by atoms with Gasteiger partial charge in [0.05, 0.1) is 30.1 Å². The van der Waals surface area contributed by atoms with Crippen molar-refractivity contribution in [1.82, 2.24) is 25.9 Å². The number of amides is 4. The van der Waals surface area contributed by atoms with Gasteiger partial charge >= 0.3 is 0 Å². The van der Waals surface area contributed by atoms with Gasteiger partial charge in [-0.25, -0.2) is 4.98 Å². The molecule has 0 radical (unpaired) electrons. The van der Waals surface area contributed by atoms with Crippen LogP contribution in [-0.2, 0) is 27.2 Å². The van der Waals surface area contributed by atoms with Crippen molar-refractivity contribution in [2.75, 3.05) is 0 Å². The minimum atomic E-state index is -1.37. The smallest absolute Gasteiger partial charge is 0.270 e. The van der Waals surface area contributed by atoms with Crippen molar-refractivity contribution >= 4 is 45.4 Å². The topological polar surface area (TPSA) is 179 Å². The fourth-order valence-electron chi connectivity index (χ4n) is 7.40. The second-order valence-corrected chi connectivity index (χ2v) is 14.7. The summed E-state index contributed by atoms with van der Waals surface area (Å²) in [6, 6.07) is 46.3. The fourth-order valence-corrected chi connectivity index (χ4v) is 7.40. The highest BCUT2D eigenvalue weighted by atomic mass is 16.3. The molecule has 2 aromatic heterocycles. The zero-order valence-electron chi connectivity index (χ0n) is 32.3. The van der Waals surface area contributed by atoms with Crippen LogP contribution in [0.4, 0.5) is 0 Å². The number of aliphatic hydroxyl groups is 1. The third-order valence-electron chi connectivity index (χ3n) is 10.5. The van der Waals surface area contributed by atoms with E-state index in [9.17, 15) is 24.3 Å². The van der Waals surface area contributed by atoms with Crippen LogP contribution in [0.1, 0.15) is 51.8 Å². The number of nitrogens with two attached hydrogens (primary N) is 1. The summed E-state index contributed by atoms with van der Waals surface area (Å²) in [5.41, 5.74) is 10.6. The van der Waals surface area contributed by atoms with Crippen molar-refractivity contribution in [2.24, 2.45) is 11.7 Å². The van der Waals surface area contributed by atoms with Gasteiger partial charge in [0, 0.05) is 22.5 Å². The van der Waals surface area contributed by atoms with Crippen LogP contribution >= 0.6 is 0 Å². The first-order valence-corrected chi connectivity index (χ1v) is 19.6. The van der Waals surface area contributed by atoms with E-state index in [4.69, 9.17) is 5.73 Å². The number of fused-ring (bicyclic) bond motifs is 2. The van der Waals surface area contributed by atoms with E-state index in [0.29, 0.717) is 11.9 Å². The first-order chi connectivity index (χ1) is 28.7. The molecule has 0 aliphatic heterocycles. The summed E-state index contributed by atoms with van der Waals surface area (Å²) in [5, 5.41) is 22.8. The number of aromatic amines is 1. The van der Waals surface area contributed by atoms with Crippen molar-refractivity contribution in [2.45, 2.75) is 49.9 Å². The van der Waals surface area contributed by atoms with Crippen molar-refractivity contribution in [3.8, 4) is 0 Å². The number of pyridine rings is 1. The lowest BCUT2D eigenvalue weighted by molar-refractivity contribution is -0.128. The Morgan fingerprint density at radius 1 is 0.644 bits per heavy atom. The minimum absolute atomic E-state index is 0.0272. The lowest BCUT2D eigenvalue weighted by Gasteiger charge is -2.30. The zero-order valence-corrected chi connectivity index (χ0v) is 32.3. The molecule has 0 spiro atoms. The Hall–Kier alpha value is -7.11. The molecule has 1 unspecified atom stereocenters. The largest absolute Gasteiger partial charge is 0.391 e. The number of hydrogen-bond acceptors (Lipinski definition) is 6. The number of carbonyl (C=O) groups excluding carboxylic acids is 4. The number of rotatable bonds is 17. The standard InChI is InChI=1S/C48H46N6O5/c49-44(56)30-42(53-47(58)39-25-24-33-18-10-12-22-37(33)50-39)48(59)52-40(27-32-16-6-2-7-17-32)43(55)29-36(26-31-14-4-1-5-15-31)46(57)54-45(34-19-8-3-9-20-34)41-28-35-21-11-13-23-38(35)51-41/h1-25,28,36,40,42-43,45,51,55H,26-27,29-30H2,(H2,49,56)(H,52,59)(H,53,58)(H,54,57)/t36-,40+,42+,43+,45?/m1/s1. The van der Waals surface area contributed by atoms with Crippen LogP contribution in [0.5, 0.6) is 0 Å². The van der Waals surface area contributed by atoms with Gasteiger partial charge in [0.15, 0.2) is 0 Å². The molecule has 11 nitrogen and oxygen atoms in total. The first-order valence-electron chi connectivity index (χ1n) is 19.6. The lowest BCUT2D eigenvalue weighted by Crippen LogP contribution is -2.54. The average molecular weight is 787 g/mol. The summed E-state index contributed by atoms with van der Waals surface area (Å²) in [5.74, 6) is -3.21. The van der Waals surface area contributed by atoms with E-state index in [1.165, 1.54) is 6.07 Å². The van der Waals surface area contributed by atoms with Gasteiger partial charge in [-0.15, -0.1) is 0 Å². The van der Waals surface area contributed by atoms with E-state index in [0.717, 1.165) is 38.7 Å². The Kier molecular flexibility index (Phi) is 12.8. The predicted molar refractivity (Wildman–Crippen MR) is 228 cm³/mol. The van der Waals surface area contributed by atoms with E-state index >= 15 is 0 Å². The number of carbonyl (C=O) groups is 4. The van der Waals surface area contributed by atoms with Gasteiger partial charge in [0.25, 0.3) is 5.91 Å². The van der Waals surface area contributed by atoms with E-state index in [1.807, 2.05) is 133 Å². The maximum absolute atomic E-state index is 14.6. The summed E-state index contributed by atoms with van der Waals surface area (Å²) >= 11 is 0. The number of primary amides is 1. The van der Waals surface area contributed by atoms with E-state index < -0.39 is 54.3 Å². The molecule has 4 amide bonds. The Morgan fingerprint density at radius 2 is 1.25 bits per heavy atom. The molecule has 0 aliphatic rings. The maximum atomic E-state index is 14.6. The van der Waals surface area contributed by atoms with Crippen molar-refractivity contribution in [3.63, 3.8) is 0 Å². The number of benzene rings is 5. The van der Waals surface area contributed by atoms with Gasteiger partial charge in [-0.2, -0.15) is 0 Å². The van der Waals surface area contributed by atoms with Crippen LogP contribution in [-0.4, -0.2) is 56.9 Å². The third-order valence-corrected chi connectivity index (χ3v) is 10.5. The summed E-state index contributed by atoms with van der Waals surface area (Å²) in [4.78, 5) is 62.2. The second-order valence-electron chi connectivity index (χ2n) is 14.7. The number of hydrogen-bond donors (Lipinski definition) is 6. The summed E-state index contributed by atoms with van der Waals surface area (Å²) < 4.78 is 0. The number of nitrogens with zero attached hydrogens (tertiary/aromatic N) is 1. The van der Waals surface area contributed by atoms with Crippen LogP contribution in [0.15, 0.2) is 158 Å². The van der Waals surface area contributed by atoms with Gasteiger partial charge in [-0.3, -0.25) is 19.2 Å². The first kappa shape index (κ1) is 40.1. The van der Waals surface area contributed by atoms with Gasteiger partial charge in [0.2, 0.25) is 17.7 Å². The van der Waals surface area contributed by atoms with Crippen LogP contribution < -0.4 is 21.7 Å². The van der Waals surface area contributed by atoms with E-state index in [-0.39, 0.29) is 24.4 Å². The number of aliphatic hydroxyl groups excluding tert-OH is 1. The van der Waals surface area contributed by atoms with Gasteiger partial charge in [-0.1, -0.05) is 133 Å². The fraction of sp³-hybridized carbons (Fsp3) is 0.188. The number of para-hydroxylation sites is 2. The Bertz CT molecular complexity index is 2490. The minimum Gasteiger partial charge on any atom is -0.391 e. The van der Waals surface area contributed by atoms with Crippen molar-refractivity contribution < 1.29 is 24.3 Å². The number of aromatic nitrogens is 2. The molecule has 0 aliphatic carbocycles. The SMILES string of the molecule is NC(=O)C[C@H](NC(=O)c1ccc2ccccc2n1)C(=O)N[C@@H](Cc1ccccc1)[C@@H](O)C[C@@H](Cc1ccccc1)C(=O)NC(c1ccccc1)c1cc2ccccc2[nH]1. The number of H-pyrrole nitrogens is 1. The van der Waals surface area contributed by atoms with Crippen LogP contribution in [0.2, 0.25) is 0 Å². The third kappa shape index (κ3) is 10.4. The average Bonchev–Trinajstić information content (AvgIpc) is 3.69. The van der Waals surface area contributed by atoms with E-state index in [1.54, 1.807) is 18.2 Å². The summed E-state index contributed by atoms with van der Waals surface area (Å²) in [7, 11) is 0. The Balaban J connectivity index is 1.15. The molecule has 298 valence electrons. The molecular formula is C48H46N6O5. The molecular weight excluding hydrogens is 741 g/mol. The van der Waals surface area contributed by atoms with Crippen LogP contribution in [0.25, 0.3) is 21.8 Å². The van der Waals surface area contributed by atoms with Gasteiger partial charge < -0.3 is 31.8 Å². The van der Waals surface area contributed by atoms with E-state index in [2.05, 4.69) is 25.9 Å². The summed E-state index contributed by atoms with van der Waals surface area (Å²) in [6.45, 7) is 0. The number of nitrogens with one attached hydrogen (secondary N) is 4. The molecule has 59 heavy (non-hydrogen) atoms. The molecule has 11 heteroatoms. The summed E-state index contributed by atoms with van der Waals surface area (Å²) in [6.07, 6.45) is -1.26. The van der Waals surface area contributed by atoms with Gasteiger partial charge in [0.1, 0.15) is 11.7 Å². The molecule has 7 aromatic rings. The molecule has 0 saturated heterocycles. The predicted octanol–water partition coefficient (Wildman–Crippen LogP) is 5.93. The molecule has 0 fully saturated rings. The molecule has 5 atom stereocenters. The quantitative estimate of drug-likeness (QED) is 0.0666. The van der Waals surface area contributed by atoms with Crippen LogP contribution in [0, 0.1) is 5.92 Å². The van der Waals surface area contributed by atoms with Gasteiger partial charge in [-0.05, 0) is 65.6 Å².